The fourth-order valence-corrected chi connectivity index (χ4v) is 3.24. The van der Waals surface area contributed by atoms with E-state index in [4.69, 9.17) is 4.74 Å². The van der Waals surface area contributed by atoms with Crippen LogP contribution in [0.25, 0.3) is 0 Å². The molecule has 0 bridgehead atoms. The molecule has 1 saturated heterocycles. The molecule has 0 aliphatic carbocycles. The Morgan fingerprint density at radius 3 is 2.56 bits per heavy atom. The molecule has 0 aromatic heterocycles. The summed E-state index contributed by atoms with van der Waals surface area (Å²) in [5, 5.41) is 11.2. The Kier molecular flexibility index (Phi) is 5.90. The molecule has 0 unspecified atom stereocenters. The minimum absolute atomic E-state index is 0.0186. The summed E-state index contributed by atoms with van der Waals surface area (Å²) in [6.45, 7) is 1.52. The van der Waals surface area contributed by atoms with Gasteiger partial charge < -0.3 is 14.5 Å². The van der Waals surface area contributed by atoms with Crippen LogP contribution >= 0.6 is 15.9 Å². The highest BCUT2D eigenvalue weighted by molar-refractivity contribution is 9.10. The van der Waals surface area contributed by atoms with Gasteiger partial charge in [-0.05, 0) is 24.3 Å². The molecule has 142 valence electrons. The molecular weight excluding hydrogens is 421 g/mol. The van der Waals surface area contributed by atoms with Crippen molar-refractivity contribution in [1.29, 1.82) is 0 Å². The number of para-hydroxylation sites is 2. The van der Waals surface area contributed by atoms with E-state index in [1.54, 1.807) is 29.2 Å². The van der Waals surface area contributed by atoms with E-state index in [0.717, 1.165) is 0 Å². The van der Waals surface area contributed by atoms with Crippen molar-refractivity contribution in [2.75, 3.05) is 37.7 Å². The molecule has 1 fully saturated rings. The van der Waals surface area contributed by atoms with E-state index in [0.29, 0.717) is 36.3 Å². The smallest absolute Gasteiger partial charge is 0.292 e. The van der Waals surface area contributed by atoms with E-state index in [9.17, 15) is 19.3 Å². The number of hydrogen-bond donors (Lipinski definition) is 0. The summed E-state index contributed by atoms with van der Waals surface area (Å²) in [6.07, 6.45) is 0. The summed E-state index contributed by atoms with van der Waals surface area (Å²) < 4.78 is 19.6. The molecule has 1 aliphatic heterocycles. The standard InChI is InChI=1S/C18H17BrFN3O4/c19-13-5-6-17(14(20)11-13)27-12-18(24)22-9-7-21(8-10-22)15-3-1-2-4-16(15)23(25)26/h1-6,11H,7-10,12H2. The number of nitro benzene ring substituents is 1. The number of halogens is 2. The summed E-state index contributed by atoms with van der Waals surface area (Å²) in [7, 11) is 0. The number of benzene rings is 2. The number of hydrogen-bond acceptors (Lipinski definition) is 5. The monoisotopic (exact) mass is 437 g/mol. The second-order valence-corrected chi connectivity index (χ2v) is 6.89. The predicted molar refractivity (Wildman–Crippen MR) is 101 cm³/mol. The highest BCUT2D eigenvalue weighted by Crippen LogP contribution is 2.28. The number of ether oxygens (including phenoxy) is 1. The molecule has 0 radical (unpaired) electrons. The van der Waals surface area contributed by atoms with Crippen LogP contribution < -0.4 is 9.64 Å². The topological polar surface area (TPSA) is 75.9 Å². The molecule has 3 rings (SSSR count). The molecule has 27 heavy (non-hydrogen) atoms. The van der Waals surface area contributed by atoms with Crippen LogP contribution in [-0.2, 0) is 4.79 Å². The van der Waals surface area contributed by atoms with Gasteiger partial charge in [-0.3, -0.25) is 14.9 Å². The lowest BCUT2D eigenvalue weighted by Gasteiger charge is -2.35. The molecule has 1 aliphatic rings. The van der Waals surface area contributed by atoms with E-state index >= 15 is 0 Å². The van der Waals surface area contributed by atoms with E-state index in [2.05, 4.69) is 15.9 Å². The van der Waals surface area contributed by atoms with Crippen molar-refractivity contribution in [3.63, 3.8) is 0 Å². The van der Waals surface area contributed by atoms with Crippen LogP contribution in [0.4, 0.5) is 15.8 Å². The average molecular weight is 438 g/mol. The van der Waals surface area contributed by atoms with Crippen LogP contribution in [0.2, 0.25) is 0 Å². The Balaban J connectivity index is 1.56. The fraction of sp³-hybridized carbons (Fsp3) is 0.278. The minimum atomic E-state index is -0.543. The van der Waals surface area contributed by atoms with Gasteiger partial charge in [0.1, 0.15) is 5.69 Å². The molecule has 1 heterocycles. The van der Waals surface area contributed by atoms with Crippen LogP contribution in [0.15, 0.2) is 46.9 Å². The highest BCUT2D eigenvalue weighted by atomic mass is 79.9. The van der Waals surface area contributed by atoms with Gasteiger partial charge in [0.15, 0.2) is 18.2 Å². The van der Waals surface area contributed by atoms with Crippen molar-refractivity contribution >= 4 is 33.2 Å². The highest BCUT2D eigenvalue weighted by Gasteiger charge is 2.25. The molecule has 0 saturated carbocycles. The van der Waals surface area contributed by atoms with E-state index in [-0.39, 0.29) is 24.0 Å². The average Bonchev–Trinajstić information content (AvgIpc) is 2.67. The molecular formula is C18H17BrFN3O4. The van der Waals surface area contributed by atoms with Crippen molar-refractivity contribution in [2.24, 2.45) is 0 Å². The molecule has 0 N–H and O–H groups in total. The van der Waals surface area contributed by atoms with Gasteiger partial charge in [0.25, 0.3) is 11.6 Å². The molecule has 0 spiro atoms. The first kappa shape index (κ1) is 19.1. The van der Waals surface area contributed by atoms with Gasteiger partial charge in [-0.25, -0.2) is 4.39 Å². The van der Waals surface area contributed by atoms with E-state index in [1.807, 2.05) is 4.90 Å². The van der Waals surface area contributed by atoms with Gasteiger partial charge in [-0.2, -0.15) is 0 Å². The van der Waals surface area contributed by atoms with Gasteiger partial charge in [-0.15, -0.1) is 0 Å². The van der Waals surface area contributed by atoms with Gasteiger partial charge >= 0.3 is 0 Å². The number of rotatable bonds is 5. The van der Waals surface area contributed by atoms with Crippen molar-refractivity contribution in [1.82, 2.24) is 4.90 Å². The third-order valence-corrected chi connectivity index (χ3v) is 4.79. The quantitative estimate of drug-likeness (QED) is 0.530. The predicted octanol–water partition coefficient (Wildman–Crippen LogP) is 3.22. The molecule has 7 nitrogen and oxygen atoms in total. The van der Waals surface area contributed by atoms with Crippen LogP contribution in [0.1, 0.15) is 0 Å². The van der Waals surface area contributed by atoms with Crippen LogP contribution in [0.5, 0.6) is 5.75 Å². The lowest BCUT2D eigenvalue weighted by atomic mass is 10.2. The normalized spacial score (nSPS) is 14.1. The van der Waals surface area contributed by atoms with Crippen molar-refractivity contribution in [3.05, 3.63) is 62.9 Å². The van der Waals surface area contributed by atoms with Crippen molar-refractivity contribution in [3.8, 4) is 5.75 Å². The number of piperazine rings is 1. The first-order valence-electron chi connectivity index (χ1n) is 8.29. The molecule has 9 heteroatoms. The number of anilines is 1. The molecule has 2 aromatic carbocycles. The van der Waals surface area contributed by atoms with Crippen LogP contribution in [-0.4, -0.2) is 48.5 Å². The number of nitro groups is 1. The second-order valence-electron chi connectivity index (χ2n) is 5.98. The number of carbonyl (C=O) groups excluding carboxylic acids is 1. The zero-order chi connectivity index (χ0) is 19.4. The largest absolute Gasteiger partial charge is 0.481 e. The zero-order valence-electron chi connectivity index (χ0n) is 14.3. The number of amides is 1. The van der Waals surface area contributed by atoms with Crippen molar-refractivity contribution in [2.45, 2.75) is 0 Å². The molecule has 2 aromatic rings. The van der Waals surface area contributed by atoms with Crippen LogP contribution in [0, 0.1) is 15.9 Å². The maximum absolute atomic E-state index is 13.7. The number of carbonyl (C=O) groups is 1. The van der Waals surface area contributed by atoms with E-state index in [1.165, 1.54) is 18.2 Å². The van der Waals surface area contributed by atoms with Gasteiger partial charge in [0.05, 0.1) is 4.92 Å². The Morgan fingerprint density at radius 1 is 1.19 bits per heavy atom. The third kappa shape index (κ3) is 4.54. The summed E-state index contributed by atoms with van der Waals surface area (Å²) in [6, 6.07) is 10.9. The minimum Gasteiger partial charge on any atom is -0.481 e. The first-order chi connectivity index (χ1) is 13.0. The summed E-state index contributed by atoms with van der Waals surface area (Å²) >= 11 is 3.16. The van der Waals surface area contributed by atoms with Gasteiger partial charge in [0, 0.05) is 36.7 Å². The van der Waals surface area contributed by atoms with Crippen molar-refractivity contribution < 1.29 is 18.8 Å². The summed E-state index contributed by atoms with van der Waals surface area (Å²) in [5.41, 5.74) is 0.592. The Hall–Kier alpha value is -2.68. The SMILES string of the molecule is O=C(COc1ccc(Br)cc1F)N1CCN(c2ccccc2[N+](=O)[O-])CC1. The third-order valence-electron chi connectivity index (χ3n) is 4.30. The van der Waals surface area contributed by atoms with Gasteiger partial charge in [-0.1, -0.05) is 28.1 Å². The second kappa shape index (κ2) is 8.34. The van der Waals surface area contributed by atoms with Gasteiger partial charge in [0.2, 0.25) is 0 Å². The maximum Gasteiger partial charge on any atom is 0.292 e. The molecule has 0 atom stereocenters. The molecule has 1 amide bonds. The Labute approximate surface area is 163 Å². The fourth-order valence-electron chi connectivity index (χ4n) is 2.91. The lowest BCUT2D eigenvalue weighted by Crippen LogP contribution is -2.50. The summed E-state index contributed by atoms with van der Waals surface area (Å²) in [4.78, 5) is 26.6. The van der Waals surface area contributed by atoms with Crippen LogP contribution in [0.3, 0.4) is 0 Å². The van der Waals surface area contributed by atoms with E-state index < -0.39 is 10.7 Å². The number of nitrogens with zero attached hydrogens (tertiary/aromatic N) is 3. The Morgan fingerprint density at radius 2 is 1.89 bits per heavy atom. The Bertz CT molecular complexity index is 856. The summed E-state index contributed by atoms with van der Waals surface area (Å²) in [5.74, 6) is -0.775. The maximum atomic E-state index is 13.7. The zero-order valence-corrected chi connectivity index (χ0v) is 15.9. The first-order valence-corrected chi connectivity index (χ1v) is 9.09. The lowest BCUT2D eigenvalue weighted by molar-refractivity contribution is -0.384.